The van der Waals surface area contributed by atoms with E-state index in [1.807, 2.05) is 12.1 Å². The van der Waals surface area contributed by atoms with E-state index in [2.05, 4.69) is 33.9 Å². The molecular formula is C24H29N3O4. The van der Waals surface area contributed by atoms with Crippen LogP contribution in [0.2, 0.25) is 0 Å². The van der Waals surface area contributed by atoms with Crippen LogP contribution in [0.5, 0.6) is 11.9 Å². The highest BCUT2D eigenvalue weighted by molar-refractivity contribution is 5.82. The number of rotatable bonds is 6. The smallest absolute Gasteiger partial charge is 0.319 e. The molecule has 1 N–H and O–H groups in total. The fourth-order valence-corrected chi connectivity index (χ4v) is 5.58. The van der Waals surface area contributed by atoms with Crippen molar-refractivity contribution >= 4 is 11.0 Å². The van der Waals surface area contributed by atoms with Gasteiger partial charge in [0.05, 0.1) is 19.8 Å². The molecule has 0 spiro atoms. The van der Waals surface area contributed by atoms with Crippen molar-refractivity contribution in [3.8, 4) is 11.9 Å². The van der Waals surface area contributed by atoms with Crippen LogP contribution in [0, 0.1) is 11.8 Å². The highest BCUT2D eigenvalue weighted by Crippen LogP contribution is 2.52. The lowest BCUT2D eigenvalue weighted by Crippen LogP contribution is -2.35. The first kappa shape index (κ1) is 20.3. The third kappa shape index (κ3) is 3.27. The van der Waals surface area contributed by atoms with Gasteiger partial charge in [-0.1, -0.05) is 25.1 Å². The minimum atomic E-state index is -0.997. The molecule has 1 saturated heterocycles. The van der Waals surface area contributed by atoms with E-state index in [-0.39, 0.29) is 11.9 Å². The number of furan rings is 1. The number of nitrogens with zero attached hydrogens (tertiary/aromatic N) is 3. The van der Waals surface area contributed by atoms with Crippen LogP contribution >= 0.6 is 0 Å². The van der Waals surface area contributed by atoms with Crippen molar-refractivity contribution in [2.24, 2.45) is 11.8 Å². The Kier molecular flexibility index (Phi) is 5.10. The van der Waals surface area contributed by atoms with Crippen LogP contribution < -0.4 is 9.47 Å². The Bertz CT molecular complexity index is 1100. The normalized spacial score (nSPS) is 25.8. The zero-order valence-electron chi connectivity index (χ0n) is 18.3. The first-order chi connectivity index (χ1) is 15.1. The molecule has 2 aromatic heterocycles. The number of fused-ring (bicyclic) bond motifs is 2. The van der Waals surface area contributed by atoms with Crippen molar-refractivity contribution in [3.63, 3.8) is 0 Å². The average molecular weight is 424 g/mol. The summed E-state index contributed by atoms with van der Waals surface area (Å²) in [5.41, 5.74) is 1.88. The van der Waals surface area contributed by atoms with Crippen molar-refractivity contribution in [2.45, 2.75) is 38.3 Å². The van der Waals surface area contributed by atoms with E-state index < -0.39 is 5.60 Å². The maximum absolute atomic E-state index is 11.8. The summed E-state index contributed by atoms with van der Waals surface area (Å²) >= 11 is 0. The SMILES string of the molecule is CCc1oc2ccccc2c1CN1C[C@@H]2CC[C@@](O)(c3cnc(OC)nc3OC)[C@@H]2C1. The minimum absolute atomic E-state index is 0.113. The lowest BCUT2D eigenvalue weighted by Gasteiger charge is -2.31. The summed E-state index contributed by atoms with van der Waals surface area (Å²) in [4.78, 5) is 11.0. The number of aryl methyl sites for hydroxylation is 1. The Labute approximate surface area is 182 Å². The van der Waals surface area contributed by atoms with E-state index in [1.54, 1.807) is 13.3 Å². The Balaban J connectivity index is 1.42. The molecule has 3 atom stereocenters. The molecule has 2 fully saturated rings. The maximum Gasteiger partial charge on any atom is 0.319 e. The first-order valence-corrected chi connectivity index (χ1v) is 11.0. The third-order valence-electron chi connectivity index (χ3n) is 7.09. The minimum Gasteiger partial charge on any atom is -0.481 e. The van der Waals surface area contributed by atoms with Gasteiger partial charge in [-0.15, -0.1) is 0 Å². The summed E-state index contributed by atoms with van der Waals surface area (Å²) in [5.74, 6) is 1.99. The predicted molar refractivity (Wildman–Crippen MR) is 116 cm³/mol. The van der Waals surface area contributed by atoms with Gasteiger partial charge in [-0.05, 0) is 24.8 Å². The van der Waals surface area contributed by atoms with Crippen LogP contribution in [-0.2, 0) is 18.6 Å². The fourth-order valence-electron chi connectivity index (χ4n) is 5.58. The second kappa shape index (κ2) is 7.80. The van der Waals surface area contributed by atoms with E-state index in [4.69, 9.17) is 13.9 Å². The third-order valence-corrected chi connectivity index (χ3v) is 7.09. The van der Waals surface area contributed by atoms with Crippen LogP contribution in [0.1, 0.15) is 36.7 Å². The van der Waals surface area contributed by atoms with Gasteiger partial charge in [0.25, 0.3) is 0 Å². The van der Waals surface area contributed by atoms with Gasteiger partial charge in [-0.2, -0.15) is 4.98 Å². The standard InChI is InChI=1S/C24H29N3O4/c1-4-20-17(16-7-5-6-8-21(16)31-20)13-27-12-15-9-10-24(28,19(15)14-27)18-11-25-23(30-3)26-22(18)29-2/h5-8,11,15,19,28H,4,9-10,12-14H2,1-3H3/t15-,19+,24+/m0/s1. The Morgan fingerprint density at radius 2 is 2.06 bits per heavy atom. The highest BCUT2D eigenvalue weighted by Gasteiger charge is 2.54. The van der Waals surface area contributed by atoms with E-state index in [1.165, 1.54) is 18.1 Å². The monoisotopic (exact) mass is 423 g/mol. The van der Waals surface area contributed by atoms with Gasteiger partial charge in [0, 0.05) is 49.1 Å². The van der Waals surface area contributed by atoms with Crippen molar-refractivity contribution in [2.75, 3.05) is 27.3 Å². The molecule has 5 rings (SSSR count). The fraction of sp³-hybridized carbons (Fsp3) is 0.500. The maximum atomic E-state index is 11.8. The van der Waals surface area contributed by atoms with Gasteiger partial charge >= 0.3 is 6.01 Å². The van der Waals surface area contributed by atoms with Gasteiger partial charge in [-0.25, -0.2) is 4.98 Å². The molecule has 7 nitrogen and oxygen atoms in total. The molecule has 0 amide bonds. The molecular weight excluding hydrogens is 394 g/mol. The summed E-state index contributed by atoms with van der Waals surface area (Å²) in [6, 6.07) is 8.49. The zero-order valence-corrected chi connectivity index (χ0v) is 18.3. The molecule has 0 bridgehead atoms. The number of hydrogen-bond acceptors (Lipinski definition) is 7. The summed E-state index contributed by atoms with van der Waals surface area (Å²) in [5, 5.41) is 13.0. The van der Waals surface area contributed by atoms with Gasteiger partial charge < -0.3 is 19.0 Å². The first-order valence-electron chi connectivity index (χ1n) is 11.0. The molecule has 2 aliphatic rings. The van der Waals surface area contributed by atoms with Crippen LogP contribution in [0.15, 0.2) is 34.9 Å². The molecule has 0 unspecified atom stereocenters. The number of likely N-dealkylation sites (tertiary alicyclic amines) is 1. The van der Waals surface area contributed by atoms with E-state index in [0.29, 0.717) is 23.8 Å². The van der Waals surface area contributed by atoms with E-state index >= 15 is 0 Å². The molecule has 1 saturated carbocycles. The quantitative estimate of drug-likeness (QED) is 0.650. The van der Waals surface area contributed by atoms with Gasteiger partial charge in [-0.3, -0.25) is 4.90 Å². The van der Waals surface area contributed by atoms with Crippen LogP contribution in [0.3, 0.4) is 0 Å². The molecule has 31 heavy (non-hydrogen) atoms. The number of aliphatic hydroxyl groups is 1. The number of ether oxygens (including phenoxy) is 2. The highest BCUT2D eigenvalue weighted by atomic mass is 16.5. The number of benzene rings is 1. The lowest BCUT2D eigenvalue weighted by atomic mass is 9.83. The van der Waals surface area contributed by atoms with Gasteiger partial charge in [0.15, 0.2) is 0 Å². The van der Waals surface area contributed by atoms with Crippen molar-refractivity contribution in [3.05, 3.63) is 47.3 Å². The number of hydrogen-bond donors (Lipinski definition) is 1. The number of methoxy groups -OCH3 is 2. The van der Waals surface area contributed by atoms with Crippen LogP contribution in [0.25, 0.3) is 11.0 Å². The van der Waals surface area contributed by atoms with Gasteiger partial charge in [0.1, 0.15) is 16.9 Å². The number of para-hydroxylation sites is 1. The van der Waals surface area contributed by atoms with Crippen LogP contribution in [0.4, 0.5) is 0 Å². The lowest BCUT2D eigenvalue weighted by molar-refractivity contribution is -0.00971. The summed E-state index contributed by atoms with van der Waals surface area (Å²) in [6.07, 6.45) is 4.19. The van der Waals surface area contributed by atoms with Crippen molar-refractivity contribution < 1.29 is 19.0 Å². The Morgan fingerprint density at radius 1 is 1.23 bits per heavy atom. The Hall–Kier alpha value is -2.64. The molecule has 3 aromatic rings. The largest absolute Gasteiger partial charge is 0.481 e. The summed E-state index contributed by atoms with van der Waals surface area (Å²) in [6.45, 7) is 4.75. The van der Waals surface area contributed by atoms with E-state index in [9.17, 15) is 5.11 Å². The second-order valence-electron chi connectivity index (χ2n) is 8.66. The number of aromatic nitrogens is 2. The average Bonchev–Trinajstić information content (AvgIpc) is 3.47. The second-order valence-corrected chi connectivity index (χ2v) is 8.66. The zero-order chi connectivity index (χ0) is 21.6. The van der Waals surface area contributed by atoms with Crippen molar-refractivity contribution in [1.29, 1.82) is 0 Å². The molecule has 7 heteroatoms. The predicted octanol–water partition coefficient (Wildman–Crippen LogP) is 3.53. The molecule has 1 aliphatic carbocycles. The summed E-state index contributed by atoms with van der Waals surface area (Å²) in [7, 11) is 3.09. The van der Waals surface area contributed by atoms with Gasteiger partial charge in [0.2, 0.25) is 5.88 Å². The molecule has 1 aromatic carbocycles. The topological polar surface area (TPSA) is 80.9 Å². The molecule has 1 aliphatic heterocycles. The molecule has 164 valence electrons. The Morgan fingerprint density at radius 3 is 2.84 bits per heavy atom. The molecule has 0 radical (unpaired) electrons. The van der Waals surface area contributed by atoms with Crippen molar-refractivity contribution in [1.82, 2.24) is 14.9 Å². The van der Waals surface area contributed by atoms with E-state index in [0.717, 1.165) is 43.8 Å². The summed E-state index contributed by atoms with van der Waals surface area (Å²) < 4.78 is 16.7. The molecule has 3 heterocycles. The van der Waals surface area contributed by atoms with Crippen LogP contribution in [-0.4, -0.2) is 47.3 Å².